The number of hydrogen-bond acceptors (Lipinski definition) is 6. The molecule has 128 valence electrons. The molecule has 2 atom stereocenters. The molecule has 0 bridgehead atoms. The maximum atomic E-state index is 12.7. The van der Waals surface area contributed by atoms with Crippen molar-refractivity contribution >= 4 is 23.0 Å². The highest BCUT2D eigenvalue weighted by Gasteiger charge is 2.33. The molecule has 0 aliphatic carbocycles. The van der Waals surface area contributed by atoms with Crippen molar-refractivity contribution in [3.8, 4) is 0 Å². The van der Waals surface area contributed by atoms with Crippen LogP contribution >= 0.6 is 0 Å². The van der Waals surface area contributed by atoms with Gasteiger partial charge in [-0.1, -0.05) is 12.1 Å². The number of fused-ring (bicyclic) bond motifs is 1. The van der Waals surface area contributed by atoms with E-state index >= 15 is 0 Å². The number of ether oxygens (including phenoxy) is 1. The van der Waals surface area contributed by atoms with Crippen LogP contribution in [-0.4, -0.2) is 67.3 Å². The molecule has 1 aromatic carbocycles. The smallest absolute Gasteiger partial charge is 0.298 e. The van der Waals surface area contributed by atoms with Gasteiger partial charge < -0.3 is 24.3 Å². The molecule has 2 aliphatic heterocycles. The van der Waals surface area contributed by atoms with Crippen LogP contribution in [0.15, 0.2) is 28.7 Å². The van der Waals surface area contributed by atoms with E-state index in [-0.39, 0.29) is 18.1 Å². The number of amides is 1. The van der Waals surface area contributed by atoms with E-state index in [2.05, 4.69) is 15.2 Å². The highest BCUT2D eigenvalue weighted by molar-refractivity contribution is 5.83. The summed E-state index contributed by atoms with van der Waals surface area (Å²) in [6.45, 7) is 6.12. The Morgan fingerprint density at radius 3 is 2.79 bits per heavy atom. The first-order valence-electron chi connectivity index (χ1n) is 8.47. The van der Waals surface area contributed by atoms with Crippen LogP contribution in [0.3, 0.4) is 0 Å². The Labute approximate surface area is 140 Å². The van der Waals surface area contributed by atoms with E-state index in [0.29, 0.717) is 25.7 Å². The monoisotopic (exact) mass is 330 g/mol. The number of carbonyl (C=O) groups excluding carboxylic acids is 1. The third-order valence-corrected chi connectivity index (χ3v) is 4.73. The van der Waals surface area contributed by atoms with Crippen molar-refractivity contribution in [1.29, 1.82) is 0 Å². The number of morpholine rings is 1. The van der Waals surface area contributed by atoms with Gasteiger partial charge in [-0.2, -0.15) is 4.98 Å². The van der Waals surface area contributed by atoms with E-state index in [1.807, 2.05) is 36.1 Å². The molecular formula is C17H22N4O3. The SMILES string of the molecule is C[C@H]1OCCN[C@@H]1C(=O)N1CCN(c2nc3ccccc3o2)CC1. The number of benzene rings is 1. The van der Waals surface area contributed by atoms with E-state index in [1.165, 1.54) is 0 Å². The van der Waals surface area contributed by atoms with Crippen molar-refractivity contribution in [3.05, 3.63) is 24.3 Å². The standard InChI is InChI=1S/C17H22N4O3/c1-12-15(18-6-11-23-12)16(22)20-7-9-21(10-8-20)17-19-13-4-2-3-5-14(13)24-17/h2-5,12,15,18H,6-11H2,1H3/t12-,15+/m1/s1. The number of piperazine rings is 1. The molecule has 2 fully saturated rings. The lowest BCUT2D eigenvalue weighted by Gasteiger charge is -2.38. The normalized spacial score (nSPS) is 25.2. The minimum Gasteiger partial charge on any atom is -0.423 e. The van der Waals surface area contributed by atoms with E-state index in [1.54, 1.807) is 0 Å². The van der Waals surface area contributed by atoms with Gasteiger partial charge in [0.2, 0.25) is 5.91 Å². The zero-order chi connectivity index (χ0) is 16.5. The second-order valence-electron chi connectivity index (χ2n) is 6.28. The Bertz CT molecular complexity index is 690. The third-order valence-electron chi connectivity index (χ3n) is 4.73. The molecule has 7 nitrogen and oxygen atoms in total. The fourth-order valence-electron chi connectivity index (χ4n) is 3.32. The van der Waals surface area contributed by atoms with Crippen LogP contribution < -0.4 is 10.2 Å². The second kappa shape index (κ2) is 6.41. The maximum Gasteiger partial charge on any atom is 0.298 e. The molecule has 3 heterocycles. The van der Waals surface area contributed by atoms with Crippen molar-refractivity contribution in [2.75, 3.05) is 44.2 Å². The molecule has 2 aliphatic rings. The molecule has 0 unspecified atom stereocenters. The average Bonchev–Trinajstić information content (AvgIpc) is 3.06. The molecule has 4 rings (SSSR count). The van der Waals surface area contributed by atoms with Gasteiger partial charge in [0, 0.05) is 32.7 Å². The number of aromatic nitrogens is 1. The predicted molar refractivity (Wildman–Crippen MR) is 90.0 cm³/mol. The highest BCUT2D eigenvalue weighted by atomic mass is 16.5. The molecular weight excluding hydrogens is 308 g/mol. The fourth-order valence-corrected chi connectivity index (χ4v) is 3.32. The van der Waals surface area contributed by atoms with Crippen LogP contribution in [0.5, 0.6) is 0 Å². The molecule has 1 amide bonds. The number of nitrogens with zero attached hydrogens (tertiary/aromatic N) is 3. The number of oxazole rings is 1. The largest absolute Gasteiger partial charge is 0.423 e. The Kier molecular flexibility index (Phi) is 4.12. The van der Waals surface area contributed by atoms with Gasteiger partial charge in [0.1, 0.15) is 11.6 Å². The van der Waals surface area contributed by atoms with Crippen molar-refractivity contribution < 1.29 is 13.9 Å². The Morgan fingerprint density at radius 2 is 2.04 bits per heavy atom. The summed E-state index contributed by atoms with van der Waals surface area (Å²) in [6.07, 6.45) is -0.0821. The highest BCUT2D eigenvalue weighted by Crippen LogP contribution is 2.22. The van der Waals surface area contributed by atoms with Crippen molar-refractivity contribution in [2.24, 2.45) is 0 Å². The van der Waals surface area contributed by atoms with Crippen LogP contribution in [0.4, 0.5) is 6.01 Å². The number of hydrogen-bond donors (Lipinski definition) is 1. The number of carbonyl (C=O) groups is 1. The zero-order valence-corrected chi connectivity index (χ0v) is 13.8. The quantitative estimate of drug-likeness (QED) is 0.880. The van der Waals surface area contributed by atoms with Crippen LogP contribution in [-0.2, 0) is 9.53 Å². The number of rotatable bonds is 2. The minimum absolute atomic E-state index is 0.0821. The molecule has 2 saturated heterocycles. The van der Waals surface area contributed by atoms with Gasteiger partial charge in [0.25, 0.3) is 6.01 Å². The molecule has 1 N–H and O–H groups in total. The summed E-state index contributed by atoms with van der Waals surface area (Å²) in [7, 11) is 0. The fraction of sp³-hybridized carbons (Fsp3) is 0.529. The second-order valence-corrected chi connectivity index (χ2v) is 6.28. The summed E-state index contributed by atoms with van der Waals surface area (Å²) in [5.74, 6) is 0.124. The first-order chi connectivity index (χ1) is 11.7. The number of para-hydroxylation sites is 2. The van der Waals surface area contributed by atoms with Gasteiger partial charge in [0.05, 0.1) is 12.7 Å². The minimum atomic E-state index is -0.241. The van der Waals surface area contributed by atoms with Crippen LogP contribution in [0.2, 0.25) is 0 Å². The third kappa shape index (κ3) is 2.85. The maximum absolute atomic E-state index is 12.7. The van der Waals surface area contributed by atoms with Gasteiger partial charge in [-0.05, 0) is 19.1 Å². The summed E-state index contributed by atoms with van der Waals surface area (Å²) >= 11 is 0. The summed E-state index contributed by atoms with van der Waals surface area (Å²) in [4.78, 5) is 21.2. The van der Waals surface area contributed by atoms with Gasteiger partial charge >= 0.3 is 0 Å². The van der Waals surface area contributed by atoms with E-state index < -0.39 is 0 Å². The van der Waals surface area contributed by atoms with Crippen molar-refractivity contribution in [3.63, 3.8) is 0 Å². The topological polar surface area (TPSA) is 70.8 Å². The lowest BCUT2D eigenvalue weighted by atomic mass is 10.1. The Hall–Kier alpha value is -2.12. The molecule has 0 saturated carbocycles. The molecule has 0 radical (unpaired) electrons. The Morgan fingerprint density at radius 1 is 1.25 bits per heavy atom. The Balaban J connectivity index is 1.40. The van der Waals surface area contributed by atoms with E-state index in [9.17, 15) is 4.79 Å². The summed E-state index contributed by atoms with van der Waals surface area (Å²) < 4.78 is 11.4. The summed E-state index contributed by atoms with van der Waals surface area (Å²) in [6, 6.07) is 8.14. The van der Waals surface area contributed by atoms with Crippen LogP contribution in [0.25, 0.3) is 11.1 Å². The predicted octanol–water partition coefficient (Wildman–Crippen LogP) is 0.853. The van der Waals surface area contributed by atoms with E-state index in [4.69, 9.17) is 9.15 Å². The average molecular weight is 330 g/mol. The van der Waals surface area contributed by atoms with Gasteiger partial charge in [-0.3, -0.25) is 4.79 Å². The van der Waals surface area contributed by atoms with Gasteiger partial charge in [0.15, 0.2) is 5.58 Å². The molecule has 24 heavy (non-hydrogen) atoms. The molecule has 1 aromatic heterocycles. The van der Waals surface area contributed by atoms with E-state index in [0.717, 1.165) is 30.7 Å². The lowest BCUT2D eigenvalue weighted by molar-refractivity contribution is -0.139. The summed E-state index contributed by atoms with van der Waals surface area (Å²) in [5.41, 5.74) is 1.66. The molecule has 7 heteroatoms. The molecule has 2 aromatic rings. The van der Waals surface area contributed by atoms with Gasteiger partial charge in [-0.25, -0.2) is 0 Å². The van der Waals surface area contributed by atoms with Crippen LogP contribution in [0.1, 0.15) is 6.92 Å². The zero-order valence-electron chi connectivity index (χ0n) is 13.8. The number of anilines is 1. The summed E-state index contributed by atoms with van der Waals surface area (Å²) in [5, 5.41) is 3.27. The van der Waals surface area contributed by atoms with Crippen molar-refractivity contribution in [2.45, 2.75) is 19.1 Å². The number of nitrogens with one attached hydrogen (secondary N) is 1. The molecule has 0 spiro atoms. The lowest BCUT2D eigenvalue weighted by Crippen LogP contribution is -2.59. The first kappa shape index (κ1) is 15.4. The first-order valence-corrected chi connectivity index (χ1v) is 8.47. The van der Waals surface area contributed by atoms with Crippen molar-refractivity contribution in [1.82, 2.24) is 15.2 Å². The van der Waals surface area contributed by atoms with Gasteiger partial charge in [-0.15, -0.1) is 0 Å². The van der Waals surface area contributed by atoms with Crippen LogP contribution in [0, 0.1) is 0 Å².